The molecule has 1 aromatic carbocycles. The van der Waals surface area contributed by atoms with Gasteiger partial charge in [0, 0.05) is 25.1 Å². The van der Waals surface area contributed by atoms with Crippen molar-refractivity contribution in [2.24, 2.45) is 5.73 Å². The van der Waals surface area contributed by atoms with Crippen LogP contribution in [0.4, 0.5) is 0 Å². The Morgan fingerprint density at radius 3 is 2.81 bits per heavy atom. The van der Waals surface area contributed by atoms with Gasteiger partial charge in [0.15, 0.2) is 11.5 Å². The van der Waals surface area contributed by atoms with E-state index in [2.05, 4.69) is 5.32 Å². The minimum Gasteiger partial charge on any atom is -0.493 e. The summed E-state index contributed by atoms with van der Waals surface area (Å²) in [6, 6.07) is 5.75. The number of amides is 1. The number of carbonyl (C=O) groups excluding carboxylic acids is 1. The van der Waals surface area contributed by atoms with Crippen LogP contribution in [0.1, 0.15) is 37.7 Å². The summed E-state index contributed by atoms with van der Waals surface area (Å²) in [5, 5.41) is 2.86. The summed E-state index contributed by atoms with van der Waals surface area (Å²) in [6.45, 7) is 0.785. The molecule has 116 valence electrons. The average molecular weight is 292 g/mol. The molecule has 1 aliphatic carbocycles. The first kappa shape index (κ1) is 15.6. The highest BCUT2D eigenvalue weighted by atomic mass is 16.5. The van der Waals surface area contributed by atoms with Crippen molar-refractivity contribution in [3.8, 4) is 11.5 Å². The van der Waals surface area contributed by atoms with Crippen molar-refractivity contribution in [2.45, 2.75) is 44.8 Å². The maximum atomic E-state index is 11.6. The molecule has 0 saturated heterocycles. The molecule has 2 rings (SSSR count). The highest BCUT2D eigenvalue weighted by Crippen LogP contribution is 2.34. The van der Waals surface area contributed by atoms with Gasteiger partial charge in [0.05, 0.1) is 13.2 Å². The second kappa shape index (κ2) is 7.88. The first-order valence-corrected chi connectivity index (χ1v) is 7.54. The minimum atomic E-state index is -0.0489. The smallest absolute Gasteiger partial charge is 0.221 e. The second-order valence-corrected chi connectivity index (χ2v) is 5.29. The monoisotopic (exact) mass is 292 g/mol. The van der Waals surface area contributed by atoms with Gasteiger partial charge in [-0.1, -0.05) is 12.1 Å². The van der Waals surface area contributed by atoms with Crippen LogP contribution in [0.15, 0.2) is 18.2 Å². The number of carbonyl (C=O) groups is 1. The summed E-state index contributed by atoms with van der Waals surface area (Å²) in [5.74, 6) is 1.42. The molecular weight excluding hydrogens is 268 g/mol. The van der Waals surface area contributed by atoms with Crippen LogP contribution in [-0.4, -0.2) is 25.7 Å². The normalized spacial score (nSPS) is 15.0. The van der Waals surface area contributed by atoms with Crippen molar-refractivity contribution in [3.05, 3.63) is 23.8 Å². The molecule has 0 aliphatic heterocycles. The number of benzene rings is 1. The third-order valence-corrected chi connectivity index (χ3v) is 3.71. The van der Waals surface area contributed by atoms with E-state index in [1.807, 2.05) is 18.2 Å². The van der Waals surface area contributed by atoms with E-state index in [1.165, 1.54) is 12.8 Å². The Morgan fingerprint density at radius 2 is 2.14 bits per heavy atom. The van der Waals surface area contributed by atoms with E-state index in [1.54, 1.807) is 7.11 Å². The highest BCUT2D eigenvalue weighted by Gasteiger charge is 2.20. The Labute approximate surface area is 125 Å². The number of methoxy groups -OCH3 is 1. The van der Waals surface area contributed by atoms with E-state index in [-0.39, 0.29) is 12.0 Å². The van der Waals surface area contributed by atoms with Crippen LogP contribution in [0.5, 0.6) is 11.5 Å². The fourth-order valence-corrected chi connectivity index (χ4v) is 2.58. The van der Waals surface area contributed by atoms with Gasteiger partial charge in [-0.05, 0) is 31.7 Å². The molecule has 0 radical (unpaired) electrons. The highest BCUT2D eigenvalue weighted by molar-refractivity contribution is 5.76. The van der Waals surface area contributed by atoms with E-state index < -0.39 is 0 Å². The van der Waals surface area contributed by atoms with Gasteiger partial charge in [-0.3, -0.25) is 4.79 Å². The van der Waals surface area contributed by atoms with E-state index in [0.29, 0.717) is 25.3 Å². The number of para-hydroxylation sites is 1. The Bertz CT molecular complexity index is 471. The second-order valence-electron chi connectivity index (χ2n) is 5.29. The molecule has 5 nitrogen and oxygen atoms in total. The average Bonchev–Trinajstić information content (AvgIpc) is 2.99. The van der Waals surface area contributed by atoms with Gasteiger partial charge < -0.3 is 20.5 Å². The van der Waals surface area contributed by atoms with Crippen molar-refractivity contribution < 1.29 is 14.3 Å². The van der Waals surface area contributed by atoms with Crippen LogP contribution in [0.3, 0.4) is 0 Å². The van der Waals surface area contributed by atoms with Crippen molar-refractivity contribution in [3.63, 3.8) is 0 Å². The predicted molar refractivity (Wildman–Crippen MR) is 81.4 cm³/mol. The zero-order valence-electron chi connectivity index (χ0n) is 12.6. The van der Waals surface area contributed by atoms with Crippen LogP contribution in [-0.2, 0) is 11.3 Å². The van der Waals surface area contributed by atoms with Crippen molar-refractivity contribution in [2.75, 3.05) is 13.7 Å². The van der Waals surface area contributed by atoms with Crippen LogP contribution < -0.4 is 20.5 Å². The first-order chi connectivity index (χ1) is 10.2. The van der Waals surface area contributed by atoms with Gasteiger partial charge in [0.1, 0.15) is 0 Å². The lowest BCUT2D eigenvalue weighted by molar-refractivity contribution is -0.121. The molecule has 0 heterocycles. The Balaban J connectivity index is 2.09. The summed E-state index contributed by atoms with van der Waals surface area (Å²) >= 11 is 0. The summed E-state index contributed by atoms with van der Waals surface area (Å²) in [4.78, 5) is 11.6. The molecule has 1 amide bonds. The fourth-order valence-electron chi connectivity index (χ4n) is 2.58. The van der Waals surface area contributed by atoms with Gasteiger partial charge in [-0.25, -0.2) is 0 Å². The largest absolute Gasteiger partial charge is 0.493 e. The molecule has 0 bridgehead atoms. The van der Waals surface area contributed by atoms with Gasteiger partial charge in [0.2, 0.25) is 5.91 Å². The summed E-state index contributed by atoms with van der Waals surface area (Å²) in [5.41, 5.74) is 6.31. The molecule has 0 unspecified atom stereocenters. The molecule has 21 heavy (non-hydrogen) atoms. The minimum absolute atomic E-state index is 0.0489. The lowest BCUT2D eigenvalue weighted by Crippen LogP contribution is -2.25. The Hall–Kier alpha value is -1.75. The predicted octanol–water partition coefficient (Wildman–Crippen LogP) is 1.98. The maximum Gasteiger partial charge on any atom is 0.221 e. The molecular formula is C16H24N2O3. The van der Waals surface area contributed by atoms with E-state index >= 15 is 0 Å². The number of rotatable bonds is 7. The number of hydrogen-bond donors (Lipinski definition) is 2. The quantitative estimate of drug-likeness (QED) is 0.806. The summed E-state index contributed by atoms with van der Waals surface area (Å²) < 4.78 is 11.5. The van der Waals surface area contributed by atoms with E-state index in [4.69, 9.17) is 15.2 Å². The Morgan fingerprint density at radius 1 is 1.38 bits per heavy atom. The maximum absolute atomic E-state index is 11.6. The van der Waals surface area contributed by atoms with Crippen LogP contribution in [0.2, 0.25) is 0 Å². The molecule has 3 N–H and O–H groups in total. The van der Waals surface area contributed by atoms with Crippen LogP contribution >= 0.6 is 0 Å². The molecule has 1 aromatic rings. The van der Waals surface area contributed by atoms with Gasteiger partial charge in [0.25, 0.3) is 0 Å². The van der Waals surface area contributed by atoms with Crippen molar-refractivity contribution in [1.82, 2.24) is 5.32 Å². The van der Waals surface area contributed by atoms with Crippen LogP contribution in [0, 0.1) is 0 Å². The van der Waals surface area contributed by atoms with E-state index in [9.17, 15) is 4.79 Å². The van der Waals surface area contributed by atoms with Crippen molar-refractivity contribution >= 4 is 5.91 Å². The van der Waals surface area contributed by atoms with Gasteiger partial charge in [-0.15, -0.1) is 0 Å². The lowest BCUT2D eigenvalue weighted by atomic mass is 10.1. The summed E-state index contributed by atoms with van der Waals surface area (Å²) in [7, 11) is 1.63. The number of ether oxygens (including phenoxy) is 2. The van der Waals surface area contributed by atoms with E-state index in [0.717, 1.165) is 24.2 Å². The zero-order chi connectivity index (χ0) is 15.1. The standard InChI is InChI=1S/C16H24N2O3/c1-20-14-8-4-5-12(11-18-15(19)9-10-17)16(14)21-13-6-2-3-7-13/h4-5,8,13H,2-3,6-7,9-11,17H2,1H3,(H,18,19). The Kier molecular flexibility index (Phi) is 5.87. The molecule has 1 fully saturated rings. The fraction of sp³-hybridized carbons (Fsp3) is 0.562. The van der Waals surface area contributed by atoms with Gasteiger partial charge in [-0.2, -0.15) is 0 Å². The topological polar surface area (TPSA) is 73.6 Å². The molecule has 0 atom stereocenters. The van der Waals surface area contributed by atoms with Gasteiger partial charge >= 0.3 is 0 Å². The SMILES string of the molecule is COc1cccc(CNC(=O)CCN)c1OC1CCCC1. The lowest BCUT2D eigenvalue weighted by Gasteiger charge is -2.19. The molecule has 1 saturated carbocycles. The van der Waals surface area contributed by atoms with Crippen molar-refractivity contribution in [1.29, 1.82) is 0 Å². The number of nitrogens with one attached hydrogen (secondary N) is 1. The molecule has 5 heteroatoms. The molecule has 1 aliphatic rings. The third kappa shape index (κ3) is 4.36. The first-order valence-electron chi connectivity index (χ1n) is 7.54. The summed E-state index contributed by atoms with van der Waals surface area (Å²) in [6.07, 6.45) is 5.17. The third-order valence-electron chi connectivity index (χ3n) is 3.71. The molecule has 0 aromatic heterocycles. The van der Waals surface area contributed by atoms with Crippen LogP contribution in [0.25, 0.3) is 0 Å². The zero-order valence-corrected chi connectivity index (χ0v) is 12.6. The number of nitrogens with two attached hydrogens (primary N) is 1. The molecule has 0 spiro atoms. The number of hydrogen-bond acceptors (Lipinski definition) is 4.